The summed E-state index contributed by atoms with van der Waals surface area (Å²) in [5, 5.41) is 3.79. The minimum Gasteiger partial charge on any atom is -0.150 e. The molecule has 1 aliphatic rings. The summed E-state index contributed by atoms with van der Waals surface area (Å²) in [6, 6.07) is 18.1. The van der Waals surface area contributed by atoms with E-state index in [4.69, 9.17) is 23.2 Å². The van der Waals surface area contributed by atoms with E-state index < -0.39 is 0 Å². The Morgan fingerprint density at radius 1 is 0.969 bits per heavy atom. The van der Waals surface area contributed by atoms with Crippen LogP contribution in [-0.2, 0) is 23.3 Å². The van der Waals surface area contributed by atoms with Crippen LogP contribution < -0.4 is 0 Å². The fourth-order valence-electron chi connectivity index (χ4n) is 3.27. The van der Waals surface area contributed by atoms with E-state index >= 15 is 0 Å². The molecule has 3 aromatic carbocycles. The number of hydrogen-bond acceptors (Lipinski definition) is 0. The molecule has 0 fully saturated rings. The number of fused-ring (bicyclic) bond motifs is 1. The van der Waals surface area contributed by atoms with Gasteiger partial charge in [0, 0.05) is 10.0 Å². The summed E-state index contributed by atoms with van der Waals surface area (Å²) in [6.45, 7) is 13.3. The van der Waals surface area contributed by atoms with Crippen LogP contribution in [0.15, 0.2) is 71.3 Å². The molecule has 0 amide bonds. The fraction of sp³-hybridized carbons (Fsp3) is 0.269. The Bertz CT molecular complexity index is 1090. The van der Waals surface area contributed by atoms with Crippen LogP contribution in [0.1, 0.15) is 27.7 Å². The van der Waals surface area contributed by atoms with Crippen LogP contribution in [-0.4, -0.2) is 5.43 Å². The van der Waals surface area contributed by atoms with Gasteiger partial charge < -0.3 is 0 Å². The van der Waals surface area contributed by atoms with Gasteiger partial charge in [-0.25, -0.2) is 5.57 Å². The first-order valence-electron chi connectivity index (χ1n) is 10.0. The Morgan fingerprint density at radius 3 is 1.94 bits per heavy atom. The molecule has 1 unspecified atom stereocenters. The summed E-state index contributed by atoms with van der Waals surface area (Å²) in [4.78, 5) is 0. The quantitative estimate of drug-likeness (QED) is 0.192. The molecule has 32 heavy (non-hydrogen) atoms. The number of allylic oxidation sites excluding steroid dienone is 4. The molecule has 1 atom stereocenters. The maximum Gasteiger partial charge on any atom is 0.0418 e. The summed E-state index contributed by atoms with van der Waals surface area (Å²) < 4.78 is 0. The van der Waals surface area contributed by atoms with Gasteiger partial charge in [0.25, 0.3) is 0 Å². The van der Waals surface area contributed by atoms with E-state index in [1.165, 1.54) is 33.1 Å². The second-order valence-electron chi connectivity index (χ2n) is 7.79. The van der Waals surface area contributed by atoms with Gasteiger partial charge in [0.05, 0.1) is 0 Å². The van der Waals surface area contributed by atoms with E-state index in [1.807, 2.05) is 24.3 Å². The molecule has 170 valence electrons. The summed E-state index contributed by atoms with van der Waals surface area (Å²) >= 11 is 13.8. The van der Waals surface area contributed by atoms with Crippen molar-refractivity contribution in [2.24, 2.45) is 5.92 Å². The Balaban J connectivity index is 0.000000547. The maximum atomic E-state index is 6.03. The minimum absolute atomic E-state index is 0. The molecular weight excluding hydrogens is 573 g/mol. The zero-order chi connectivity index (χ0) is 22.4. The van der Waals surface area contributed by atoms with Crippen LogP contribution in [0.25, 0.3) is 21.9 Å². The molecule has 0 N–H and O–H groups in total. The maximum absolute atomic E-state index is 6.03. The molecule has 0 saturated carbocycles. The van der Waals surface area contributed by atoms with Crippen molar-refractivity contribution in [3.8, 4) is 11.1 Å². The predicted octanol–water partition coefficient (Wildman–Crippen LogP) is 9.88. The molecule has 3 aromatic rings. The van der Waals surface area contributed by atoms with Gasteiger partial charge in [-0.3, -0.25) is 6.08 Å². The predicted molar refractivity (Wildman–Crippen MR) is 147 cm³/mol. The third-order valence-electron chi connectivity index (χ3n) is 5.09. The average molecular weight is 604 g/mol. The van der Waals surface area contributed by atoms with E-state index in [-0.39, 0.29) is 30.2 Å². The first-order valence-corrected chi connectivity index (χ1v) is 16.9. The summed E-state index contributed by atoms with van der Waals surface area (Å²) in [5.41, 5.74) is 6.69. The van der Waals surface area contributed by atoms with Gasteiger partial charge in [0.2, 0.25) is 0 Å². The largest absolute Gasteiger partial charge is 0.150 e. The molecule has 0 aromatic heterocycles. The molecule has 0 heterocycles. The molecule has 0 bridgehead atoms. The van der Waals surface area contributed by atoms with E-state index in [1.54, 1.807) is 29.4 Å². The van der Waals surface area contributed by atoms with Crippen LogP contribution in [0.2, 0.25) is 23.1 Å². The smallest absolute Gasteiger partial charge is 0.0418 e. The van der Waals surface area contributed by atoms with Crippen molar-refractivity contribution in [1.29, 1.82) is 0 Å². The van der Waals surface area contributed by atoms with Gasteiger partial charge in [0.15, 0.2) is 0 Å². The fourth-order valence-corrected chi connectivity index (χ4v) is 3.80. The van der Waals surface area contributed by atoms with Gasteiger partial charge in [-0.2, -0.15) is 11.1 Å². The van der Waals surface area contributed by atoms with Crippen LogP contribution in [0.5, 0.6) is 0 Å². The van der Waals surface area contributed by atoms with Crippen LogP contribution in [0.3, 0.4) is 0 Å². The number of rotatable bonds is 1. The van der Waals surface area contributed by atoms with Crippen molar-refractivity contribution >= 4 is 64.2 Å². The Hall–Kier alpha value is -0.210. The SMILES string of the molecule is CC1=[C-]C(C)C(C)=C1C.C[Si](C)=[Zr+2].Cl.Cl.Clc1cc(Cl)cc(-c2c[cH-]c3ccccc23)c1. The molecule has 0 aliphatic heterocycles. The van der Waals surface area contributed by atoms with Crippen molar-refractivity contribution in [3.63, 3.8) is 0 Å². The molecule has 0 radical (unpaired) electrons. The molecule has 0 saturated heterocycles. The topological polar surface area (TPSA) is 0 Å². The van der Waals surface area contributed by atoms with E-state index in [0.29, 0.717) is 16.0 Å². The first kappa shape index (κ1) is 31.8. The van der Waals surface area contributed by atoms with Crippen LogP contribution in [0.4, 0.5) is 0 Å². The molecule has 4 rings (SSSR count). The van der Waals surface area contributed by atoms with Crippen LogP contribution >= 0.6 is 48.0 Å². The molecule has 0 nitrogen and oxygen atoms in total. The molecule has 1 aliphatic carbocycles. The average Bonchev–Trinajstić information content (AvgIpc) is 3.18. The number of hydrogen-bond donors (Lipinski definition) is 0. The summed E-state index contributed by atoms with van der Waals surface area (Å²) in [6.07, 6.45) is 3.36. The number of halogens is 4. The van der Waals surface area contributed by atoms with Crippen molar-refractivity contribution in [1.82, 2.24) is 0 Å². The Labute approximate surface area is 231 Å². The summed E-state index contributed by atoms with van der Waals surface area (Å²) in [5.74, 6) is 0.560. The van der Waals surface area contributed by atoms with Gasteiger partial charge in [-0.15, -0.1) is 78.4 Å². The monoisotopic (exact) mass is 600 g/mol. The second-order valence-corrected chi connectivity index (χ2v) is 18.0. The van der Waals surface area contributed by atoms with Gasteiger partial charge in [0.1, 0.15) is 0 Å². The zero-order valence-corrected chi connectivity index (χ0v) is 25.9. The van der Waals surface area contributed by atoms with Gasteiger partial charge in [-0.05, 0) is 18.2 Å². The van der Waals surface area contributed by atoms with E-state index in [0.717, 1.165) is 5.56 Å². The molecular formula is C26H30Cl4SiZr. The first-order chi connectivity index (χ1) is 14.1. The Morgan fingerprint density at radius 2 is 1.50 bits per heavy atom. The normalized spacial score (nSPS) is 14.3. The summed E-state index contributed by atoms with van der Waals surface area (Å²) in [7, 11) is 0. The van der Waals surface area contributed by atoms with Crippen molar-refractivity contribution in [2.75, 3.05) is 0 Å². The van der Waals surface area contributed by atoms with Crippen molar-refractivity contribution in [3.05, 3.63) is 87.4 Å². The molecule has 0 spiro atoms. The zero-order valence-electron chi connectivity index (χ0n) is 19.3. The van der Waals surface area contributed by atoms with E-state index in [9.17, 15) is 0 Å². The third-order valence-corrected chi connectivity index (χ3v) is 5.53. The number of benzene rings is 2. The minimum atomic E-state index is 0. The van der Waals surface area contributed by atoms with Crippen LogP contribution in [0, 0.1) is 12.0 Å². The Kier molecular flexibility index (Phi) is 14.8. The second kappa shape index (κ2) is 14.9. The van der Waals surface area contributed by atoms with Gasteiger partial charge in [-0.1, -0.05) is 61.5 Å². The van der Waals surface area contributed by atoms with Gasteiger partial charge >= 0.3 is 41.9 Å². The third kappa shape index (κ3) is 9.21. The van der Waals surface area contributed by atoms with Crippen molar-refractivity contribution < 1.29 is 23.3 Å². The molecule has 6 heteroatoms. The standard InChI is InChI=1S/C15H9Cl2.C9H13.C2H6Si.2ClH.Zr/c16-12-7-11(8-13(17)9-12)15-6-5-10-3-1-2-4-14(10)15;1-6-5-7(2)9(4)8(6)3;1-3-2;;;/h1-9H;6H,1-4H3;1-2H3;2*1H;/q2*-1;;;;+2. The van der Waals surface area contributed by atoms with Crippen molar-refractivity contribution in [2.45, 2.75) is 40.8 Å². The van der Waals surface area contributed by atoms with E-state index in [2.05, 4.69) is 71.1 Å².